The van der Waals surface area contributed by atoms with E-state index in [-0.39, 0.29) is 30.6 Å². The van der Waals surface area contributed by atoms with Gasteiger partial charge in [-0.05, 0) is 25.8 Å². The molecular weight excluding hydrogens is 248 g/mol. The highest BCUT2D eigenvalue weighted by Crippen LogP contribution is 2.25. The molecule has 1 amide bonds. The molecule has 1 aliphatic rings. The number of nitrogens with one attached hydrogen (secondary N) is 1. The summed E-state index contributed by atoms with van der Waals surface area (Å²) < 4.78 is 5.08. The third-order valence-electron chi connectivity index (χ3n) is 3.67. The molecule has 6 heteroatoms. The number of amides is 1. The van der Waals surface area contributed by atoms with Gasteiger partial charge in [0, 0.05) is 19.2 Å². The molecule has 0 bridgehead atoms. The minimum atomic E-state index is -0.806. The average molecular weight is 272 g/mol. The Morgan fingerprint density at radius 3 is 2.47 bits per heavy atom. The largest absolute Gasteiger partial charge is 0.480 e. The van der Waals surface area contributed by atoms with Crippen molar-refractivity contribution < 1.29 is 19.4 Å². The highest BCUT2D eigenvalue weighted by Gasteiger charge is 2.35. The van der Waals surface area contributed by atoms with Crippen LogP contribution in [0.1, 0.15) is 33.1 Å². The highest BCUT2D eigenvalue weighted by atomic mass is 16.5. The Kier molecular flexibility index (Phi) is 6.24. The standard InChI is InChI=1S/C13H24N2O4/c1-4-11(19-3)13(18)14-9-6-10(7-9)15(5-2)8-12(16)17/h9-11H,4-8H2,1-3H3,(H,14,18)(H,16,17). The Morgan fingerprint density at radius 1 is 1.42 bits per heavy atom. The first kappa shape index (κ1) is 15.9. The molecule has 1 aliphatic carbocycles. The second kappa shape index (κ2) is 7.45. The molecule has 0 aromatic heterocycles. The van der Waals surface area contributed by atoms with E-state index in [9.17, 15) is 9.59 Å². The Morgan fingerprint density at radius 2 is 2.05 bits per heavy atom. The molecule has 0 heterocycles. The van der Waals surface area contributed by atoms with Gasteiger partial charge in [0.15, 0.2) is 0 Å². The molecule has 1 saturated carbocycles. The molecule has 1 unspecified atom stereocenters. The van der Waals surface area contributed by atoms with Gasteiger partial charge in [-0.1, -0.05) is 13.8 Å². The van der Waals surface area contributed by atoms with Gasteiger partial charge < -0.3 is 15.2 Å². The van der Waals surface area contributed by atoms with E-state index in [1.54, 1.807) is 0 Å². The van der Waals surface area contributed by atoms with Crippen molar-refractivity contribution in [3.8, 4) is 0 Å². The average Bonchev–Trinajstić information content (AvgIpc) is 2.32. The van der Waals surface area contributed by atoms with E-state index in [4.69, 9.17) is 9.84 Å². The fourth-order valence-corrected chi connectivity index (χ4v) is 2.43. The van der Waals surface area contributed by atoms with Crippen LogP contribution >= 0.6 is 0 Å². The third-order valence-corrected chi connectivity index (χ3v) is 3.67. The normalized spacial score (nSPS) is 23.8. The van der Waals surface area contributed by atoms with Crippen molar-refractivity contribution >= 4 is 11.9 Å². The summed E-state index contributed by atoms with van der Waals surface area (Å²) in [5.41, 5.74) is 0. The van der Waals surface area contributed by atoms with Crippen molar-refractivity contribution in [3.05, 3.63) is 0 Å². The van der Waals surface area contributed by atoms with Crippen molar-refractivity contribution in [3.63, 3.8) is 0 Å². The number of methoxy groups -OCH3 is 1. The summed E-state index contributed by atoms with van der Waals surface area (Å²) in [7, 11) is 1.53. The fourth-order valence-electron chi connectivity index (χ4n) is 2.43. The molecule has 0 spiro atoms. The zero-order valence-electron chi connectivity index (χ0n) is 11.9. The van der Waals surface area contributed by atoms with Crippen molar-refractivity contribution in [2.45, 2.75) is 51.3 Å². The molecular formula is C13H24N2O4. The van der Waals surface area contributed by atoms with Crippen LogP contribution in [0.3, 0.4) is 0 Å². The summed E-state index contributed by atoms with van der Waals surface area (Å²) in [4.78, 5) is 24.4. The number of carbonyl (C=O) groups excluding carboxylic acids is 1. The fraction of sp³-hybridized carbons (Fsp3) is 0.846. The number of carboxylic acids is 1. The SMILES string of the molecule is CCC(OC)C(=O)NC1CC(N(CC)CC(=O)O)C1. The van der Waals surface area contributed by atoms with Crippen LogP contribution < -0.4 is 5.32 Å². The van der Waals surface area contributed by atoms with Gasteiger partial charge in [0.2, 0.25) is 5.91 Å². The van der Waals surface area contributed by atoms with E-state index in [1.165, 1.54) is 7.11 Å². The van der Waals surface area contributed by atoms with E-state index in [0.717, 1.165) is 12.8 Å². The third kappa shape index (κ3) is 4.47. The van der Waals surface area contributed by atoms with Crippen LogP contribution in [-0.4, -0.2) is 60.3 Å². The molecule has 1 atom stereocenters. The van der Waals surface area contributed by atoms with Gasteiger partial charge >= 0.3 is 5.97 Å². The first-order valence-electron chi connectivity index (χ1n) is 6.80. The van der Waals surface area contributed by atoms with Crippen LogP contribution in [0.2, 0.25) is 0 Å². The lowest BCUT2D eigenvalue weighted by atomic mass is 9.85. The Labute approximate surface area is 114 Å². The lowest BCUT2D eigenvalue weighted by Gasteiger charge is -2.42. The van der Waals surface area contributed by atoms with E-state index < -0.39 is 5.97 Å². The molecule has 0 aromatic carbocycles. The zero-order chi connectivity index (χ0) is 14.4. The van der Waals surface area contributed by atoms with Crippen LogP contribution in [0, 0.1) is 0 Å². The number of aliphatic carboxylic acids is 1. The van der Waals surface area contributed by atoms with E-state index in [1.807, 2.05) is 18.7 Å². The van der Waals surface area contributed by atoms with Gasteiger partial charge in [-0.2, -0.15) is 0 Å². The predicted molar refractivity (Wildman–Crippen MR) is 70.9 cm³/mol. The summed E-state index contributed by atoms with van der Waals surface area (Å²) >= 11 is 0. The lowest BCUT2D eigenvalue weighted by molar-refractivity contribution is -0.140. The lowest BCUT2D eigenvalue weighted by Crippen LogP contribution is -2.56. The van der Waals surface area contributed by atoms with Gasteiger partial charge in [-0.25, -0.2) is 0 Å². The molecule has 0 saturated heterocycles. The van der Waals surface area contributed by atoms with Crippen LogP contribution in [0.5, 0.6) is 0 Å². The smallest absolute Gasteiger partial charge is 0.317 e. The molecule has 0 aliphatic heterocycles. The summed E-state index contributed by atoms with van der Waals surface area (Å²) in [6.45, 7) is 4.64. The number of carboxylic acid groups (broad SMARTS) is 1. The maximum absolute atomic E-state index is 11.8. The van der Waals surface area contributed by atoms with Crippen LogP contribution in [0.15, 0.2) is 0 Å². The second-order valence-corrected chi connectivity index (χ2v) is 4.92. The molecule has 6 nitrogen and oxygen atoms in total. The van der Waals surface area contributed by atoms with Crippen LogP contribution in [0.25, 0.3) is 0 Å². The van der Waals surface area contributed by atoms with Gasteiger partial charge in [0.1, 0.15) is 6.10 Å². The number of hydrogen-bond donors (Lipinski definition) is 2. The first-order chi connectivity index (χ1) is 9.01. The van der Waals surface area contributed by atoms with E-state index in [0.29, 0.717) is 13.0 Å². The molecule has 19 heavy (non-hydrogen) atoms. The van der Waals surface area contributed by atoms with Crippen molar-refractivity contribution in [1.82, 2.24) is 10.2 Å². The Balaban J connectivity index is 2.33. The second-order valence-electron chi connectivity index (χ2n) is 4.92. The van der Waals surface area contributed by atoms with Crippen molar-refractivity contribution in [2.75, 3.05) is 20.2 Å². The number of hydrogen-bond acceptors (Lipinski definition) is 4. The number of ether oxygens (including phenoxy) is 1. The highest BCUT2D eigenvalue weighted by molar-refractivity contribution is 5.81. The number of likely N-dealkylation sites (N-methyl/N-ethyl adjacent to an activating group) is 1. The topological polar surface area (TPSA) is 78.9 Å². The summed E-state index contributed by atoms with van der Waals surface area (Å²) in [6.07, 6.45) is 1.89. The monoisotopic (exact) mass is 272 g/mol. The van der Waals surface area contributed by atoms with Gasteiger partial charge in [-0.3, -0.25) is 14.5 Å². The summed E-state index contributed by atoms with van der Waals surface area (Å²) in [5, 5.41) is 11.7. The zero-order valence-corrected chi connectivity index (χ0v) is 11.9. The van der Waals surface area contributed by atoms with Crippen molar-refractivity contribution in [2.24, 2.45) is 0 Å². The molecule has 2 N–H and O–H groups in total. The van der Waals surface area contributed by atoms with Gasteiger partial charge in [0.05, 0.1) is 6.54 Å². The van der Waals surface area contributed by atoms with E-state index in [2.05, 4.69) is 5.32 Å². The number of nitrogens with zero attached hydrogens (tertiary/aromatic N) is 1. The minimum Gasteiger partial charge on any atom is -0.480 e. The molecule has 0 radical (unpaired) electrons. The Bertz CT molecular complexity index is 312. The summed E-state index contributed by atoms with van der Waals surface area (Å²) in [6, 6.07) is 0.401. The van der Waals surface area contributed by atoms with Gasteiger partial charge in [-0.15, -0.1) is 0 Å². The van der Waals surface area contributed by atoms with Crippen molar-refractivity contribution in [1.29, 1.82) is 0 Å². The predicted octanol–water partition coefficient (Wildman–Crippen LogP) is 0.465. The molecule has 0 aromatic rings. The van der Waals surface area contributed by atoms with Gasteiger partial charge in [0.25, 0.3) is 0 Å². The quantitative estimate of drug-likeness (QED) is 0.671. The first-order valence-corrected chi connectivity index (χ1v) is 6.80. The minimum absolute atomic E-state index is 0.0670. The maximum atomic E-state index is 11.8. The van der Waals surface area contributed by atoms with Crippen LogP contribution in [-0.2, 0) is 14.3 Å². The van der Waals surface area contributed by atoms with Crippen LogP contribution in [0.4, 0.5) is 0 Å². The maximum Gasteiger partial charge on any atom is 0.317 e. The molecule has 1 fully saturated rings. The summed E-state index contributed by atoms with van der Waals surface area (Å²) in [5.74, 6) is -0.880. The number of carbonyl (C=O) groups is 2. The Hall–Kier alpha value is -1.14. The molecule has 1 rings (SSSR count). The number of rotatable bonds is 8. The van der Waals surface area contributed by atoms with E-state index >= 15 is 0 Å². The molecule has 110 valence electrons.